The second-order valence-electron chi connectivity index (χ2n) is 14.7. The Morgan fingerprint density at radius 1 is 0.434 bits per heavy atom. The smallest absolute Gasteiger partial charge is 0.497 e. The molecule has 0 bridgehead atoms. The van der Waals surface area contributed by atoms with Crippen molar-refractivity contribution in [3.05, 3.63) is 152 Å². The normalized spacial score (nSPS) is 11.4. The van der Waals surface area contributed by atoms with Gasteiger partial charge in [-0.15, -0.1) is 39.5 Å². The summed E-state index contributed by atoms with van der Waals surface area (Å²) >= 11 is 0. The molecule has 5 aromatic carbocycles. The molecule has 76 heavy (non-hydrogen) atoms. The number of halogens is 10. The summed E-state index contributed by atoms with van der Waals surface area (Å²) in [5, 5.41) is 0. The summed E-state index contributed by atoms with van der Waals surface area (Å²) in [5.41, 5.74) is 10.3. The third-order valence-corrected chi connectivity index (χ3v) is 12.4. The van der Waals surface area contributed by atoms with E-state index in [1.54, 1.807) is 63.1 Å². The second kappa shape index (κ2) is 26.6. The topological polar surface area (TPSA) is 194 Å². The molecule has 27 heteroatoms. The maximum Gasteiger partial charge on any atom is 0.573 e. The minimum atomic E-state index is -4.95. The Balaban J connectivity index is 0.000000235. The molecule has 0 saturated heterocycles. The number of hydrogen-bond acceptors (Lipinski definition) is 15. The SMILES string of the molecule is COc1ccc(-c2cncc(CS(=O)(=O)c3cc(OC(F)(F)F)ccc3OC)c2)cc1.COc1ccc(-c2cncc(N)c2)cc1.COc1ccc(OC(F)(F)F)cc1.COc1ccc(OC(F)(F)F)cc1S(=O)(=O)Cl. The molecule has 0 spiro atoms. The Kier molecular flexibility index (Phi) is 21.2. The monoisotopic (exact) mass is 1140 g/mol. The molecular formula is C49H43ClF9N3O12S2. The first-order valence-electron chi connectivity index (χ1n) is 20.9. The van der Waals surface area contributed by atoms with Crippen LogP contribution < -0.4 is 43.6 Å². The van der Waals surface area contributed by atoms with Crippen molar-refractivity contribution < 1.29 is 94.2 Å². The van der Waals surface area contributed by atoms with Gasteiger partial charge in [0.25, 0.3) is 9.05 Å². The number of anilines is 1. The van der Waals surface area contributed by atoms with E-state index in [0.717, 1.165) is 59.9 Å². The van der Waals surface area contributed by atoms with Gasteiger partial charge in [-0.3, -0.25) is 9.97 Å². The van der Waals surface area contributed by atoms with Gasteiger partial charge in [-0.05, 0) is 102 Å². The summed E-state index contributed by atoms with van der Waals surface area (Å²) in [6.45, 7) is 0. The number of ether oxygens (including phenoxy) is 8. The number of nitrogen functional groups attached to an aromatic ring is 1. The van der Waals surface area contributed by atoms with Crippen molar-refractivity contribution in [2.75, 3.05) is 41.3 Å². The summed E-state index contributed by atoms with van der Waals surface area (Å²) < 4.78 is 192. The number of benzene rings is 5. The Labute approximate surface area is 433 Å². The van der Waals surface area contributed by atoms with E-state index in [4.69, 9.17) is 35.4 Å². The van der Waals surface area contributed by atoms with Crippen molar-refractivity contribution in [1.82, 2.24) is 9.97 Å². The summed E-state index contributed by atoms with van der Waals surface area (Å²) in [7, 11) is 3.75. The molecule has 408 valence electrons. The summed E-state index contributed by atoms with van der Waals surface area (Å²) in [6, 6.07) is 29.1. The Bertz CT molecular complexity index is 3210. The Morgan fingerprint density at radius 3 is 1.18 bits per heavy atom. The Hall–Kier alpha value is -7.84. The summed E-state index contributed by atoms with van der Waals surface area (Å²) in [4.78, 5) is 7.13. The van der Waals surface area contributed by atoms with Gasteiger partial charge >= 0.3 is 19.1 Å². The number of nitrogens with zero attached hydrogens (tertiary/aromatic N) is 2. The van der Waals surface area contributed by atoms with E-state index in [2.05, 4.69) is 28.9 Å². The fourth-order valence-electron chi connectivity index (χ4n) is 6.12. The molecule has 0 aliphatic heterocycles. The van der Waals surface area contributed by atoms with Crippen LogP contribution >= 0.6 is 10.7 Å². The third-order valence-electron chi connectivity index (χ3n) is 9.39. The van der Waals surface area contributed by atoms with Crippen molar-refractivity contribution in [2.24, 2.45) is 0 Å². The Morgan fingerprint density at radius 2 is 0.789 bits per heavy atom. The van der Waals surface area contributed by atoms with E-state index in [0.29, 0.717) is 34.4 Å². The number of aromatic nitrogens is 2. The highest BCUT2D eigenvalue weighted by atomic mass is 35.7. The van der Waals surface area contributed by atoms with Crippen molar-refractivity contribution in [2.45, 2.75) is 34.6 Å². The number of alkyl halides is 9. The minimum Gasteiger partial charge on any atom is -0.497 e. The molecular weight excluding hydrogens is 1090 g/mol. The largest absolute Gasteiger partial charge is 0.573 e. The average molecular weight is 1140 g/mol. The van der Waals surface area contributed by atoms with Gasteiger partial charge in [-0.25, -0.2) is 16.8 Å². The maximum atomic E-state index is 13.0. The lowest BCUT2D eigenvalue weighted by Crippen LogP contribution is -2.17. The van der Waals surface area contributed by atoms with Crippen LogP contribution in [0.25, 0.3) is 22.3 Å². The van der Waals surface area contributed by atoms with Crippen molar-refractivity contribution >= 4 is 35.3 Å². The van der Waals surface area contributed by atoms with Crippen LogP contribution in [0.4, 0.5) is 45.2 Å². The molecule has 0 aliphatic rings. The van der Waals surface area contributed by atoms with Gasteiger partial charge in [0.2, 0.25) is 0 Å². The number of nitrogens with two attached hydrogens (primary N) is 1. The molecule has 2 N–H and O–H groups in total. The van der Waals surface area contributed by atoms with Gasteiger partial charge in [-0.2, -0.15) is 0 Å². The van der Waals surface area contributed by atoms with Crippen LogP contribution in [0.1, 0.15) is 5.56 Å². The van der Waals surface area contributed by atoms with Gasteiger partial charge in [0.05, 0.1) is 47.0 Å². The highest BCUT2D eigenvalue weighted by Gasteiger charge is 2.34. The van der Waals surface area contributed by atoms with Crippen molar-refractivity contribution in [1.29, 1.82) is 0 Å². The molecule has 2 aromatic heterocycles. The fraction of sp³-hybridized carbons (Fsp3) is 0.184. The number of rotatable bonds is 14. The molecule has 0 radical (unpaired) electrons. The molecule has 7 aromatic rings. The number of methoxy groups -OCH3 is 5. The molecule has 0 aliphatic carbocycles. The zero-order chi connectivity index (χ0) is 56.5. The first-order chi connectivity index (χ1) is 35.5. The van der Waals surface area contributed by atoms with Crippen molar-refractivity contribution in [3.63, 3.8) is 0 Å². The van der Waals surface area contributed by atoms with E-state index in [-0.39, 0.29) is 17.2 Å². The number of hydrogen-bond donors (Lipinski definition) is 1. The first-order valence-corrected chi connectivity index (χ1v) is 24.9. The van der Waals surface area contributed by atoms with Crippen LogP contribution in [0.3, 0.4) is 0 Å². The van der Waals surface area contributed by atoms with E-state index in [1.165, 1.54) is 44.7 Å². The molecule has 0 fully saturated rings. The lowest BCUT2D eigenvalue weighted by molar-refractivity contribution is -0.275. The standard InChI is InChI=1S/C21H18F3NO5S.C12H12N2O.C8H6ClF3O4S.C8H7F3O2/c1-28-17-5-3-15(4-6-17)16-9-14(11-25-12-16)13-31(26,27)20-10-18(30-21(22,23)24)7-8-19(20)29-2;1-15-12-4-2-9(3-5-12)10-6-11(13)8-14-7-10;1-15-6-3-2-5(16-8(10,11)12)4-7(6)17(9,13)14;1-12-6-2-4-7(5-3-6)13-8(9,10)11/h3-12H,13H2,1-2H3;2-8H,13H2,1H3;2-4H,1H3;2-5H,1H3. The zero-order valence-corrected chi connectivity index (χ0v) is 42.4. The molecule has 2 heterocycles. The van der Waals surface area contributed by atoms with E-state index in [1.807, 2.05) is 30.3 Å². The predicted molar refractivity (Wildman–Crippen MR) is 260 cm³/mol. The van der Waals surface area contributed by atoms with Gasteiger partial charge in [0.15, 0.2) is 9.84 Å². The van der Waals surface area contributed by atoms with Crippen LogP contribution in [-0.4, -0.2) is 81.4 Å². The third kappa shape index (κ3) is 20.1. The van der Waals surface area contributed by atoms with Gasteiger partial charge < -0.3 is 43.6 Å². The van der Waals surface area contributed by atoms with Crippen LogP contribution in [-0.2, 0) is 24.6 Å². The molecule has 0 unspecified atom stereocenters. The van der Waals surface area contributed by atoms with Crippen molar-refractivity contribution in [3.8, 4) is 68.2 Å². The maximum absolute atomic E-state index is 13.0. The lowest BCUT2D eigenvalue weighted by atomic mass is 10.1. The number of sulfone groups is 1. The highest BCUT2D eigenvalue weighted by molar-refractivity contribution is 8.13. The van der Waals surface area contributed by atoms with E-state index < -0.39 is 65.0 Å². The average Bonchev–Trinajstić information content (AvgIpc) is 3.35. The lowest BCUT2D eigenvalue weighted by Gasteiger charge is -2.14. The molecule has 0 saturated carbocycles. The minimum absolute atomic E-state index is 0.0891. The molecule has 15 nitrogen and oxygen atoms in total. The van der Waals surface area contributed by atoms with E-state index >= 15 is 0 Å². The summed E-state index contributed by atoms with van der Waals surface area (Å²) in [5.74, 6) is -0.365. The van der Waals surface area contributed by atoms with Crippen LogP contribution in [0.15, 0.2) is 156 Å². The molecule has 0 amide bonds. The van der Waals surface area contributed by atoms with Crippen LogP contribution in [0.2, 0.25) is 0 Å². The van der Waals surface area contributed by atoms with Gasteiger partial charge in [-0.1, -0.05) is 24.3 Å². The molecule has 7 rings (SSSR count). The second-order valence-corrected chi connectivity index (χ2v) is 19.2. The predicted octanol–water partition coefficient (Wildman–Crippen LogP) is 12.1. The van der Waals surface area contributed by atoms with Crippen LogP contribution in [0, 0.1) is 0 Å². The fourth-order valence-corrected chi connectivity index (χ4v) is 8.64. The van der Waals surface area contributed by atoms with Gasteiger partial charge in [0.1, 0.15) is 55.8 Å². The van der Waals surface area contributed by atoms with E-state index in [9.17, 15) is 56.3 Å². The van der Waals surface area contributed by atoms with Gasteiger partial charge in [0, 0.05) is 58.7 Å². The number of pyridine rings is 2. The quantitative estimate of drug-likeness (QED) is 0.0797. The summed E-state index contributed by atoms with van der Waals surface area (Å²) in [6.07, 6.45) is -8.13. The zero-order valence-electron chi connectivity index (χ0n) is 40.0. The van der Waals surface area contributed by atoms with Crippen LogP contribution in [0.5, 0.6) is 46.0 Å². The first kappa shape index (κ1) is 60.7. The molecule has 0 atom stereocenters. The highest BCUT2D eigenvalue weighted by Crippen LogP contribution is 2.35.